The zero-order valence-corrected chi connectivity index (χ0v) is 15.4. The first-order chi connectivity index (χ1) is 13.2. The van der Waals surface area contributed by atoms with Crippen LogP contribution in [0.4, 0.5) is 5.13 Å². The Kier molecular flexibility index (Phi) is 4.93. The van der Waals surface area contributed by atoms with Gasteiger partial charge in [-0.3, -0.25) is 14.6 Å². The van der Waals surface area contributed by atoms with Gasteiger partial charge in [0.15, 0.2) is 5.13 Å². The molecule has 1 atom stereocenters. The summed E-state index contributed by atoms with van der Waals surface area (Å²) in [7, 11) is 0. The summed E-state index contributed by atoms with van der Waals surface area (Å²) in [6.45, 7) is 0.830. The number of thiazole rings is 1. The molecule has 0 radical (unpaired) electrons. The van der Waals surface area contributed by atoms with E-state index in [2.05, 4.69) is 15.3 Å². The molecule has 1 saturated heterocycles. The van der Waals surface area contributed by atoms with Gasteiger partial charge in [0.25, 0.3) is 0 Å². The average molecular weight is 378 g/mol. The Hall–Kier alpha value is -3.06. The summed E-state index contributed by atoms with van der Waals surface area (Å²) >= 11 is 1.38. The van der Waals surface area contributed by atoms with Crippen molar-refractivity contribution in [2.45, 2.75) is 13.0 Å². The molecule has 7 heteroatoms. The van der Waals surface area contributed by atoms with Crippen LogP contribution in [0, 0.1) is 5.92 Å². The van der Waals surface area contributed by atoms with Gasteiger partial charge in [0, 0.05) is 30.1 Å². The van der Waals surface area contributed by atoms with Crippen LogP contribution in [0.15, 0.2) is 60.1 Å². The first-order valence-electron chi connectivity index (χ1n) is 8.68. The highest BCUT2D eigenvalue weighted by Crippen LogP contribution is 2.26. The Balaban J connectivity index is 1.38. The van der Waals surface area contributed by atoms with Crippen molar-refractivity contribution in [3.8, 4) is 11.3 Å². The SMILES string of the molecule is O=C(Nc1nc(-c2ccccc2)cs1)C1CC(=O)N(Cc2ccccn2)C1. The Morgan fingerprint density at radius 2 is 2.00 bits per heavy atom. The molecule has 1 N–H and O–H groups in total. The van der Waals surface area contributed by atoms with Crippen molar-refractivity contribution in [2.75, 3.05) is 11.9 Å². The smallest absolute Gasteiger partial charge is 0.231 e. The molecule has 136 valence electrons. The van der Waals surface area contributed by atoms with Crippen molar-refractivity contribution < 1.29 is 9.59 Å². The van der Waals surface area contributed by atoms with Crippen molar-refractivity contribution in [2.24, 2.45) is 5.92 Å². The van der Waals surface area contributed by atoms with Crippen LogP contribution in [0.5, 0.6) is 0 Å². The maximum Gasteiger partial charge on any atom is 0.231 e. The predicted octanol–water partition coefficient (Wildman–Crippen LogP) is 3.19. The third-order valence-electron chi connectivity index (χ3n) is 4.47. The molecule has 2 amide bonds. The second kappa shape index (κ2) is 7.67. The summed E-state index contributed by atoms with van der Waals surface area (Å²) in [6, 6.07) is 15.4. The van der Waals surface area contributed by atoms with E-state index in [9.17, 15) is 9.59 Å². The summed E-state index contributed by atoms with van der Waals surface area (Å²) in [5.74, 6) is -0.559. The molecule has 27 heavy (non-hydrogen) atoms. The molecule has 3 heterocycles. The van der Waals surface area contributed by atoms with Crippen LogP contribution in [0.25, 0.3) is 11.3 Å². The number of carbonyl (C=O) groups excluding carboxylic acids is 2. The van der Waals surface area contributed by atoms with Crippen LogP contribution >= 0.6 is 11.3 Å². The molecular formula is C20H18N4O2S. The van der Waals surface area contributed by atoms with Gasteiger partial charge in [-0.25, -0.2) is 4.98 Å². The standard InChI is InChI=1S/C20H18N4O2S/c25-18-10-15(11-24(18)12-16-8-4-5-9-21-16)19(26)23-20-22-17(13-27-20)14-6-2-1-3-7-14/h1-9,13,15H,10-12H2,(H,22,23,26). The number of aromatic nitrogens is 2. The van der Waals surface area contributed by atoms with E-state index in [0.717, 1.165) is 17.0 Å². The highest BCUT2D eigenvalue weighted by Gasteiger charge is 2.34. The van der Waals surface area contributed by atoms with E-state index in [1.165, 1.54) is 11.3 Å². The second-order valence-electron chi connectivity index (χ2n) is 6.39. The number of nitrogens with one attached hydrogen (secondary N) is 1. The Bertz CT molecular complexity index is 943. The van der Waals surface area contributed by atoms with Gasteiger partial charge in [0.2, 0.25) is 11.8 Å². The van der Waals surface area contributed by atoms with E-state index in [4.69, 9.17) is 0 Å². The monoisotopic (exact) mass is 378 g/mol. The van der Waals surface area contributed by atoms with Crippen molar-refractivity contribution >= 4 is 28.3 Å². The minimum atomic E-state index is -0.370. The van der Waals surface area contributed by atoms with Gasteiger partial charge in [-0.05, 0) is 12.1 Å². The maximum atomic E-state index is 12.6. The number of hydrogen-bond donors (Lipinski definition) is 1. The fourth-order valence-electron chi connectivity index (χ4n) is 3.07. The van der Waals surface area contributed by atoms with Crippen LogP contribution in [-0.2, 0) is 16.1 Å². The molecule has 1 aliphatic rings. The molecule has 2 aromatic heterocycles. The van der Waals surface area contributed by atoms with E-state index in [1.807, 2.05) is 53.9 Å². The molecular weight excluding hydrogens is 360 g/mol. The van der Waals surface area contributed by atoms with E-state index in [-0.39, 0.29) is 24.2 Å². The van der Waals surface area contributed by atoms with Crippen LogP contribution in [0.1, 0.15) is 12.1 Å². The molecule has 0 aliphatic carbocycles. The summed E-state index contributed by atoms with van der Waals surface area (Å²) in [6.07, 6.45) is 1.92. The Morgan fingerprint density at radius 1 is 1.19 bits per heavy atom. The Labute approximate surface area is 160 Å². The number of carbonyl (C=O) groups is 2. The molecule has 1 aliphatic heterocycles. The molecule has 3 aromatic rings. The van der Waals surface area contributed by atoms with Gasteiger partial charge in [-0.1, -0.05) is 36.4 Å². The first kappa shape index (κ1) is 17.4. The number of likely N-dealkylation sites (tertiary alicyclic amines) is 1. The molecule has 0 saturated carbocycles. The van der Waals surface area contributed by atoms with Gasteiger partial charge in [-0.2, -0.15) is 0 Å². The van der Waals surface area contributed by atoms with E-state index < -0.39 is 0 Å². The number of pyridine rings is 1. The van der Waals surface area contributed by atoms with Gasteiger partial charge in [-0.15, -0.1) is 11.3 Å². The summed E-state index contributed by atoms with van der Waals surface area (Å²) in [4.78, 5) is 35.2. The lowest BCUT2D eigenvalue weighted by atomic mass is 10.1. The van der Waals surface area contributed by atoms with Crippen LogP contribution in [0.2, 0.25) is 0 Å². The third kappa shape index (κ3) is 4.03. The topological polar surface area (TPSA) is 75.2 Å². The molecule has 1 unspecified atom stereocenters. The number of nitrogens with zero attached hydrogens (tertiary/aromatic N) is 3. The molecule has 6 nitrogen and oxygen atoms in total. The highest BCUT2D eigenvalue weighted by atomic mass is 32.1. The lowest BCUT2D eigenvalue weighted by Gasteiger charge is -2.15. The van der Waals surface area contributed by atoms with Gasteiger partial charge < -0.3 is 10.2 Å². The third-order valence-corrected chi connectivity index (χ3v) is 5.23. The maximum absolute atomic E-state index is 12.6. The number of benzene rings is 1. The zero-order valence-electron chi connectivity index (χ0n) is 14.5. The summed E-state index contributed by atoms with van der Waals surface area (Å²) in [5.41, 5.74) is 2.65. The van der Waals surface area contributed by atoms with Crippen LogP contribution < -0.4 is 5.32 Å². The zero-order chi connectivity index (χ0) is 18.6. The fourth-order valence-corrected chi connectivity index (χ4v) is 3.79. The molecule has 4 rings (SSSR count). The highest BCUT2D eigenvalue weighted by molar-refractivity contribution is 7.14. The predicted molar refractivity (Wildman–Crippen MR) is 104 cm³/mol. The molecule has 1 fully saturated rings. The quantitative estimate of drug-likeness (QED) is 0.740. The van der Waals surface area contributed by atoms with Crippen molar-refractivity contribution in [1.82, 2.24) is 14.9 Å². The van der Waals surface area contributed by atoms with Crippen LogP contribution in [0.3, 0.4) is 0 Å². The van der Waals surface area contributed by atoms with Crippen molar-refractivity contribution in [1.29, 1.82) is 0 Å². The minimum absolute atomic E-state index is 0.0232. The number of amides is 2. The lowest BCUT2D eigenvalue weighted by Crippen LogP contribution is -2.28. The summed E-state index contributed by atoms with van der Waals surface area (Å²) in [5, 5.41) is 5.32. The first-order valence-corrected chi connectivity index (χ1v) is 9.56. The number of anilines is 1. The van der Waals surface area contributed by atoms with Gasteiger partial charge in [0.1, 0.15) is 0 Å². The fraction of sp³-hybridized carbons (Fsp3) is 0.200. The second-order valence-corrected chi connectivity index (χ2v) is 7.25. The van der Waals surface area contributed by atoms with Gasteiger partial charge in [0.05, 0.1) is 23.9 Å². The molecule has 1 aromatic carbocycles. The Morgan fingerprint density at radius 3 is 2.78 bits per heavy atom. The lowest BCUT2D eigenvalue weighted by molar-refractivity contribution is -0.128. The normalized spacial score (nSPS) is 16.5. The van der Waals surface area contributed by atoms with Gasteiger partial charge >= 0.3 is 0 Å². The molecule has 0 spiro atoms. The summed E-state index contributed by atoms with van der Waals surface area (Å²) < 4.78 is 0. The van der Waals surface area contributed by atoms with Crippen molar-refractivity contribution in [3.63, 3.8) is 0 Å². The molecule has 0 bridgehead atoms. The minimum Gasteiger partial charge on any atom is -0.336 e. The average Bonchev–Trinajstić information content (AvgIpc) is 3.30. The van der Waals surface area contributed by atoms with E-state index in [1.54, 1.807) is 11.1 Å². The van der Waals surface area contributed by atoms with Crippen molar-refractivity contribution in [3.05, 3.63) is 65.8 Å². The number of rotatable bonds is 5. The van der Waals surface area contributed by atoms with E-state index >= 15 is 0 Å². The number of hydrogen-bond acceptors (Lipinski definition) is 5. The van der Waals surface area contributed by atoms with E-state index in [0.29, 0.717) is 18.2 Å². The van der Waals surface area contributed by atoms with Crippen LogP contribution in [-0.4, -0.2) is 33.2 Å². The largest absolute Gasteiger partial charge is 0.336 e.